The Labute approximate surface area is 170 Å². The van der Waals surface area contributed by atoms with Gasteiger partial charge in [-0.2, -0.15) is 5.10 Å². The van der Waals surface area contributed by atoms with Crippen molar-refractivity contribution in [2.45, 2.75) is 0 Å². The minimum absolute atomic E-state index is 0.181. The average Bonchev–Trinajstić information content (AvgIpc) is 2.70. The van der Waals surface area contributed by atoms with Crippen molar-refractivity contribution in [3.05, 3.63) is 98.8 Å². The maximum Gasteiger partial charge on any atom is 0.267 e. The summed E-state index contributed by atoms with van der Waals surface area (Å²) in [5.74, 6) is 0.302. The molecule has 0 unspecified atom stereocenters. The summed E-state index contributed by atoms with van der Waals surface area (Å²) in [5.41, 5.74) is 4.64. The molecule has 138 valence electrons. The van der Waals surface area contributed by atoms with Crippen molar-refractivity contribution >= 4 is 46.3 Å². The molecule has 0 bridgehead atoms. The number of fused-ring (bicyclic) bond motifs is 1. The second kappa shape index (κ2) is 7.84. The van der Waals surface area contributed by atoms with Crippen LogP contribution in [0.15, 0.2) is 82.7 Å². The van der Waals surface area contributed by atoms with Gasteiger partial charge in [-0.05, 0) is 36.4 Å². The van der Waals surface area contributed by atoms with E-state index >= 15 is 0 Å². The molecule has 0 aliphatic carbocycles. The van der Waals surface area contributed by atoms with Gasteiger partial charge in [-0.15, -0.1) is 0 Å². The van der Waals surface area contributed by atoms with Gasteiger partial charge < -0.3 is 0 Å². The van der Waals surface area contributed by atoms with Crippen LogP contribution in [0.4, 0.5) is 5.95 Å². The molecule has 0 saturated carbocycles. The van der Waals surface area contributed by atoms with E-state index in [2.05, 4.69) is 15.5 Å². The number of hydrazone groups is 1. The molecule has 0 fully saturated rings. The number of anilines is 1. The minimum Gasteiger partial charge on any atom is -0.268 e. The third kappa shape index (κ3) is 3.63. The Bertz CT molecular complexity index is 1240. The Morgan fingerprint density at radius 3 is 2.50 bits per heavy atom. The second-order valence-corrected chi connectivity index (χ2v) is 6.81. The standard InChI is InChI=1S/C21H14Cl2N4O/c22-15-11-10-14(18(23)12-15)13-24-26-21-25-19-9-5-4-8-17(19)20(28)27(21)16-6-2-1-3-7-16/h1-13H,(H,25,26)/b24-13+. The first-order valence-corrected chi connectivity index (χ1v) is 9.20. The summed E-state index contributed by atoms with van der Waals surface area (Å²) in [6.07, 6.45) is 1.55. The topological polar surface area (TPSA) is 59.3 Å². The van der Waals surface area contributed by atoms with Crippen LogP contribution in [-0.4, -0.2) is 15.8 Å². The summed E-state index contributed by atoms with van der Waals surface area (Å²) in [6.45, 7) is 0. The number of rotatable bonds is 4. The molecule has 0 saturated heterocycles. The summed E-state index contributed by atoms with van der Waals surface area (Å²) >= 11 is 12.1. The molecule has 0 spiro atoms. The Morgan fingerprint density at radius 2 is 1.71 bits per heavy atom. The van der Waals surface area contributed by atoms with Crippen molar-refractivity contribution in [3.8, 4) is 5.69 Å². The van der Waals surface area contributed by atoms with Gasteiger partial charge in [0.1, 0.15) is 0 Å². The van der Waals surface area contributed by atoms with E-state index in [0.717, 1.165) is 0 Å². The van der Waals surface area contributed by atoms with Crippen LogP contribution in [0.3, 0.4) is 0 Å². The number of hydrogen-bond donors (Lipinski definition) is 1. The molecule has 4 rings (SSSR count). The first-order valence-electron chi connectivity index (χ1n) is 8.45. The van der Waals surface area contributed by atoms with E-state index in [9.17, 15) is 4.79 Å². The molecule has 0 atom stereocenters. The van der Waals surface area contributed by atoms with E-state index in [4.69, 9.17) is 23.2 Å². The normalized spacial score (nSPS) is 11.2. The Morgan fingerprint density at radius 1 is 0.964 bits per heavy atom. The highest BCUT2D eigenvalue weighted by atomic mass is 35.5. The lowest BCUT2D eigenvalue weighted by atomic mass is 10.2. The Balaban J connectivity index is 1.79. The van der Waals surface area contributed by atoms with Crippen molar-refractivity contribution in [1.82, 2.24) is 9.55 Å². The summed E-state index contributed by atoms with van der Waals surface area (Å²) in [5, 5.41) is 5.76. The number of para-hydroxylation sites is 2. The van der Waals surface area contributed by atoms with Gasteiger partial charge in [-0.25, -0.2) is 15.0 Å². The van der Waals surface area contributed by atoms with Crippen molar-refractivity contribution in [2.24, 2.45) is 5.10 Å². The summed E-state index contributed by atoms with van der Waals surface area (Å²) in [7, 11) is 0. The van der Waals surface area contributed by atoms with Crippen molar-refractivity contribution in [1.29, 1.82) is 0 Å². The van der Waals surface area contributed by atoms with E-state index < -0.39 is 0 Å². The first-order chi connectivity index (χ1) is 13.6. The molecule has 4 aromatic rings. The monoisotopic (exact) mass is 408 g/mol. The van der Waals surface area contributed by atoms with Crippen molar-refractivity contribution < 1.29 is 0 Å². The minimum atomic E-state index is -0.181. The van der Waals surface area contributed by atoms with Crippen molar-refractivity contribution in [3.63, 3.8) is 0 Å². The molecule has 1 N–H and O–H groups in total. The first kappa shape index (κ1) is 18.2. The lowest BCUT2D eigenvalue weighted by Crippen LogP contribution is -2.22. The van der Waals surface area contributed by atoms with Crippen LogP contribution in [0.25, 0.3) is 16.6 Å². The second-order valence-electron chi connectivity index (χ2n) is 5.96. The summed E-state index contributed by atoms with van der Waals surface area (Å²) in [6, 6.07) is 21.6. The highest BCUT2D eigenvalue weighted by Gasteiger charge is 2.12. The van der Waals surface area contributed by atoms with Crippen LogP contribution < -0.4 is 11.0 Å². The summed E-state index contributed by atoms with van der Waals surface area (Å²) in [4.78, 5) is 17.6. The fourth-order valence-corrected chi connectivity index (χ4v) is 3.25. The molecular formula is C21H14Cl2N4O. The van der Waals surface area contributed by atoms with Gasteiger partial charge in [-0.3, -0.25) is 4.79 Å². The molecule has 7 heteroatoms. The highest BCUT2D eigenvalue weighted by molar-refractivity contribution is 6.36. The van der Waals surface area contributed by atoms with Gasteiger partial charge in [0.05, 0.1) is 27.8 Å². The number of benzene rings is 3. The van der Waals surface area contributed by atoms with Crippen LogP contribution >= 0.6 is 23.2 Å². The quantitative estimate of drug-likeness (QED) is 0.375. The molecule has 1 heterocycles. The van der Waals surface area contributed by atoms with Crippen molar-refractivity contribution in [2.75, 3.05) is 5.43 Å². The molecule has 0 aliphatic heterocycles. The fourth-order valence-electron chi connectivity index (χ4n) is 2.79. The predicted octanol–water partition coefficient (Wildman–Crippen LogP) is 5.14. The SMILES string of the molecule is O=c1c2ccccc2nc(N/N=C/c2ccc(Cl)cc2Cl)n1-c1ccccc1. The van der Waals surface area contributed by atoms with E-state index in [1.54, 1.807) is 36.5 Å². The zero-order valence-electron chi connectivity index (χ0n) is 14.5. The van der Waals surface area contributed by atoms with Crippen LogP contribution in [-0.2, 0) is 0 Å². The van der Waals surface area contributed by atoms with Crippen LogP contribution in [0.1, 0.15) is 5.56 Å². The van der Waals surface area contributed by atoms with Crippen LogP contribution in [0.5, 0.6) is 0 Å². The highest BCUT2D eigenvalue weighted by Crippen LogP contribution is 2.20. The molecule has 0 radical (unpaired) electrons. The van der Waals surface area contributed by atoms with E-state index in [1.165, 1.54) is 4.57 Å². The molecule has 1 aromatic heterocycles. The molecule has 28 heavy (non-hydrogen) atoms. The van der Waals surface area contributed by atoms with Gasteiger partial charge in [0, 0.05) is 10.6 Å². The van der Waals surface area contributed by atoms with Gasteiger partial charge in [0.2, 0.25) is 5.95 Å². The molecule has 0 aliphatic rings. The van der Waals surface area contributed by atoms with Gasteiger partial charge in [0.25, 0.3) is 5.56 Å². The predicted molar refractivity (Wildman–Crippen MR) is 115 cm³/mol. The van der Waals surface area contributed by atoms with Crippen LogP contribution in [0, 0.1) is 0 Å². The van der Waals surface area contributed by atoms with E-state index in [-0.39, 0.29) is 5.56 Å². The largest absolute Gasteiger partial charge is 0.268 e. The smallest absolute Gasteiger partial charge is 0.267 e. The molecule has 0 amide bonds. The molecular weight excluding hydrogens is 395 g/mol. The third-order valence-electron chi connectivity index (χ3n) is 4.12. The number of halogens is 2. The maximum atomic E-state index is 13.1. The molecule has 3 aromatic carbocycles. The average molecular weight is 409 g/mol. The van der Waals surface area contributed by atoms with Gasteiger partial charge >= 0.3 is 0 Å². The van der Waals surface area contributed by atoms with E-state index in [1.807, 2.05) is 42.5 Å². The number of aromatic nitrogens is 2. The Hall–Kier alpha value is -3.15. The lowest BCUT2D eigenvalue weighted by molar-refractivity contribution is 0.956. The Kier molecular flexibility index (Phi) is 5.10. The summed E-state index contributed by atoms with van der Waals surface area (Å²) < 4.78 is 1.49. The maximum absolute atomic E-state index is 13.1. The van der Waals surface area contributed by atoms with Gasteiger partial charge in [0.15, 0.2) is 0 Å². The third-order valence-corrected chi connectivity index (χ3v) is 4.68. The lowest BCUT2D eigenvalue weighted by Gasteiger charge is -2.12. The number of nitrogens with zero attached hydrogens (tertiary/aromatic N) is 3. The number of hydrogen-bond acceptors (Lipinski definition) is 4. The number of nitrogens with one attached hydrogen (secondary N) is 1. The van der Waals surface area contributed by atoms with Gasteiger partial charge in [-0.1, -0.05) is 59.6 Å². The van der Waals surface area contributed by atoms with Crippen LogP contribution in [0.2, 0.25) is 10.0 Å². The van der Waals surface area contributed by atoms with E-state index in [0.29, 0.717) is 38.1 Å². The zero-order chi connectivity index (χ0) is 19.5. The zero-order valence-corrected chi connectivity index (χ0v) is 16.0. The molecule has 5 nitrogen and oxygen atoms in total. The fraction of sp³-hybridized carbons (Fsp3) is 0.